The molecule has 1 aliphatic carbocycles. The van der Waals surface area contributed by atoms with Gasteiger partial charge in [0.05, 0.1) is 6.61 Å². The third-order valence-corrected chi connectivity index (χ3v) is 1.54. The molecule has 0 saturated heterocycles. The van der Waals surface area contributed by atoms with Crippen molar-refractivity contribution < 1.29 is 9.53 Å². The van der Waals surface area contributed by atoms with Gasteiger partial charge in [-0.15, -0.1) is 0 Å². The van der Waals surface area contributed by atoms with Crippen molar-refractivity contribution in [2.45, 2.75) is 19.8 Å². The number of esters is 1. The molecule has 1 aliphatic rings. The van der Waals surface area contributed by atoms with Crippen LogP contribution in [0, 0.1) is 0 Å². The maximum Gasteiger partial charge on any atom is 0.333 e. The highest BCUT2D eigenvalue weighted by Gasteiger charge is 2.09. The van der Waals surface area contributed by atoms with Crippen LogP contribution in [0.25, 0.3) is 0 Å². The van der Waals surface area contributed by atoms with E-state index in [0.29, 0.717) is 6.61 Å². The first-order valence-electron chi connectivity index (χ1n) is 3.85. The van der Waals surface area contributed by atoms with Gasteiger partial charge in [0.1, 0.15) is 0 Å². The van der Waals surface area contributed by atoms with E-state index in [1.807, 2.05) is 25.2 Å². The molecule has 11 heavy (non-hydrogen) atoms. The van der Waals surface area contributed by atoms with Crippen molar-refractivity contribution in [2.24, 2.45) is 0 Å². The number of ether oxygens (including phenoxy) is 1. The zero-order valence-electron chi connectivity index (χ0n) is 6.67. The SMILES string of the molecule is CCOC(=O)C1=CCC=CC1. The maximum absolute atomic E-state index is 11.1. The second-order valence-electron chi connectivity index (χ2n) is 2.36. The number of hydrogen-bond acceptors (Lipinski definition) is 2. The van der Waals surface area contributed by atoms with Crippen LogP contribution in [-0.2, 0) is 9.53 Å². The average Bonchev–Trinajstić information content (AvgIpc) is 2.07. The fourth-order valence-corrected chi connectivity index (χ4v) is 0.991. The van der Waals surface area contributed by atoms with E-state index in [1.54, 1.807) is 0 Å². The van der Waals surface area contributed by atoms with Gasteiger partial charge in [-0.25, -0.2) is 4.79 Å². The van der Waals surface area contributed by atoms with Crippen LogP contribution in [0.4, 0.5) is 0 Å². The van der Waals surface area contributed by atoms with Gasteiger partial charge in [-0.3, -0.25) is 0 Å². The Bertz CT molecular complexity index is 202. The molecule has 0 unspecified atom stereocenters. The van der Waals surface area contributed by atoms with Crippen LogP contribution in [-0.4, -0.2) is 12.6 Å². The van der Waals surface area contributed by atoms with Crippen LogP contribution in [0.5, 0.6) is 0 Å². The standard InChI is InChI=1S/C9H12O2/c1-2-11-9(10)8-6-4-3-5-7-8/h3-4,7H,2,5-6H2,1H3. The summed E-state index contributed by atoms with van der Waals surface area (Å²) in [5, 5.41) is 0. The molecular formula is C9H12O2. The third kappa shape index (κ3) is 2.22. The summed E-state index contributed by atoms with van der Waals surface area (Å²) in [6.45, 7) is 2.27. The first-order chi connectivity index (χ1) is 5.34. The Morgan fingerprint density at radius 3 is 3.00 bits per heavy atom. The molecule has 1 rings (SSSR count). The minimum Gasteiger partial charge on any atom is -0.463 e. The van der Waals surface area contributed by atoms with Crippen molar-refractivity contribution in [3.8, 4) is 0 Å². The fraction of sp³-hybridized carbons (Fsp3) is 0.444. The van der Waals surface area contributed by atoms with Crippen LogP contribution >= 0.6 is 0 Å². The molecule has 0 fully saturated rings. The first kappa shape index (κ1) is 8.05. The Balaban J connectivity index is 2.46. The topological polar surface area (TPSA) is 26.3 Å². The lowest BCUT2D eigenvalue weighted by molar-refractivity contribution is -0.138. The largest absolute Gasteiger partial charge is 0.463 e. The normalized spacial score (nSPS) is 15.9. The van der Waals surface area contributed by atoms with E-state index in [0.717, 1.165) is 18.4 Å². The molecule has 0 heterocycles. The lowest BCUT2D eigenvalue weighted by Gasteiger charge is -2.06. The summed E-state index contributed by atoms with van der Waals surface area (Å²) in [7, 11) is 0. The van der Waals surface area contributed by atoms with E-state index in [9.17, 15) is 4.79 Å². The quantitative estimate of drug-likeness (QED) is 0.445. The van der Waals surface area contributed by atoms with Gasteiger partial charge in [-0.05, 0) is 19.8 Å². The number of hydrogen-bond donors (Lipinski definition) is 0. The number of carbonyl (C=O) groups excluding carboxylic acids is 1. The Morgan fingerprint density at radius 1 is 1.64 bits per heavy atom. The van der Waals surface area contributed by atoms with E-state index in [2.05, 4.69) is 0 Å². The van der Waals surface area contributed by atoms with Crippen molar-refractivity contribution in [1.29, 1.82) is 0 Å². The Labute approximate surface area is 66.5 Å². The van der Waals surface area contributed by atoms with Gasteiger partial charge in [-0.1, -0.05) is 18.2 Å². The predicted octanol–water partition coefficient (Wildman–Crippen LogP) is 1.83. The summed E-state index contributed by atoms with van der Waals surface area (Å²) < 4.78 is 4.84. The van der Waals surface area contributed by atoms with E-state index in [4.69, 9.17) is 4.74 Å². The number of allylic oxidation sites excluding steroid dienone is 3. The monoisotopic (exact) mass is 152 g/mol. The molecule has 0 aromatic heterocycles. The molecule has 0 amide bonds. The van der Waals surface area contributed by atoms with Crippen LogP contribution in [0.15, 0.2) is 23.8 Å². The minimum atomic E-state index is -0.170. The molecule has 0 radical (unpaired) electrons. The molecule has 2 nitrogen and oxygen atoms in total. The Hall–Kier alpha value is -1.05. The van der Waals surface area contributed by atoms with Crippen molar-refractivity contribution in [3.63, 3.8) is 0 Å². The van der Waals surface area contributed by atoms with Gasteiger partial charge >= 0.3 is 5.97 Å². The van der Waals surface area contributed by atoms with Gasteiger partial charge in [-0.2, -0.15) is 0 Å². The first-order valence-corrected chi connectivity index (χ1v) is 3.85. The molecular weight excluding hydrogens is 140 g/mol. The smallest absolute Gasteiger partial charge is 0.333 e. The van der Waals surface area contributed by atoms with E-state index >= 15 is 0 Å². The lowest BCUT2D eigenvalue weighted by atomic mass is 10.1. The highest BCUT2D eigenvalue weighted by molar-refractivity contribution is 5.88. The molecule has 0 aromatic rings. The summed E-state index contributed by atoms with van der Waals surface area (Å²) in [6, 6.07) is 0. The van der Waals surface area contributed by atoms with E-state index < -0.39 is 0 Å². The highest BCUT2D eigenvalue weighted by Crippen LogP contribution is 2.11. The van der Waals surface area contributed by atoms with Crippen LogP contribution in [0.3, 0.4) is 0 Å². The van der Waals surface area contributed by atoms with E-state index in [1.165, 1.54) is 0 Å². The van der Waals surface area contributed by atoms with Gasteiger partial charge < -0.3 is 4.74 Å². The molecule has 0 spiro atoms. The van der Waals surface area contributed by atoms with Crippen LogP contribution < -0.4 is 0 Å². The van der Waals surface area contributed by atoms with Gasteiger partial charge in [0, 0.05) is 5.57 Å². The number of rotatable bonds is 2. The van der Waals surface area contributed by atoms with Crippen LogP contribution in [0.1, 0.15) is 19.8 Å². The Morgan fingerprint density at radius 2 is 2.45 bits per heavy atom. The average molecular weight is 152 g/mol. The molecule has 60 valence electrons. The van der Waals surface area contributed by atoms with Crippen molar-refractivity contribution in [3.05, 3.63) is 23.8 Å². The summed E-state index contributed by atoms with van der Waals surface area (Å²) in [4.78, 5) is 11.1. The van der Waals surface area contributed by atoms with Crippen molar-refractivity contribution >= 4 is 5.97 Å². The lowest BCUT2D eigenvalue weighted by Crippen LogP contribution is -2.08. The van der Waals surface area contributed by atoms with Crippen LogP contribution in [0.2, 0.25) is 0 Å². The molecule has 0 aromatic carbocycles. The van der Waals surface area contributed by atoms with Crippen molar-refractivity contribution in [2.75, 3.05) is 6.61 Å². The Kier molecular flexibility index (Phi) is 2.90. The highest BCUT2D eigenvalue weighted by atomic mass is 16.5. The summed E-state index contributed by atoms with van der Waals surface area (Å²) in [6.07, 6.45) is 7.53. The van der Waals surface area contributed by atoms with Gasteiger partial charge in [0.2, 0.25) is 0 Å². The second kappa shape index (κ2) is 3.96. The molecule has 0 bridgehead atoms. The van der Waals surface area contributed by atoms with E-state index in [-0.39, 0.29) is 5.97 Å². The fourth-order valence-electron chi connectivity index (χ4n) is 0.991. The molecule has 2 heteroatoms. The molecule has 0 atom stereocenters. The maximum atomic E-state index is 11.1. The third-order valence-electron chi connectivity index (χ3n) is 1.54. The summed E-state index contributed by atoms with van der Waals surface area (Å²) in [5.74, 6) is -0.170. The molecule has 0 saturated carbocycles. The summed E-state index contributed by atoms with van der Waals surface area (Å²) in [5.41, 5.74) is 0.786. The minimum absolute atomic E-state index is 0.170. The van der Waals surface area contributed by atoms with Crippen molar-refractivity contribution in [1.82, 2.24) is 0 Å². The number of carbonyl (C=O) groups is 1. The zero-order chi connectivity index (χ0) is 8.10. The predicted molar refractivity (Wildman–Crippen MR) is 43.1 cm³/mol. The zero-order valence-corrected chi connectivity index (χ0v) is 6.67. The molecule has 0 N–H and O–H groups in total. The van der Waals surface area contributed by atoms with Gasteiger partial charge in [0.15, 0.2) is 0 Å². The van der Waals surface area contributed by atoms with Gasteiger partial charge in [0.25, 0.3) is 0 Å². The molecule has 0 aliphatic heterocycles. The summed E-state index contributed by atoms with van der Waals surface area (Å²) >= 11 is 0. The second-order valence-corrected chi connectivity index (χ2v) is 2.36.